The summed E-state index contributed by atoms with van der Waals surface area (Å²) in [5.74, 6) is -0.362. The van der Waals surface area contributed by atoms with Gasteiger partial charge in [0.05, 0.1) is 4.24 Å². The van der Waals surface area contributed by atoms with E-state index in [0.717, 1.165) is 0 Å². The Bertz CT molecular complexity index is 242. The number of thioether (sulfide) groups is 1. The average Bonchev–Trinajstić information content (AvgIpc) is 2.06. The summed E-state index contributed by atoms with van der Waals surface area (Å²) < 4.78 is 0.448. The lowest BCUT2D eigenvalue weighted by Crippen LogP contribution is -2.24. The van der Waals surface area contributed by atoms with E-state index in [9.17, 15) is 4.79 Å². The number of likely N-dealkylation sites (N-methyl/N-ethyl adjacent to an activating group) is 1. The first-order valence-electron chi connectivity index (χ1n) is 3.32. The van der Waals surface area contributed by atoms with Crippen LogP contribution < -0.4 is 5.32 Å². The molecule has 12 heavy (non-hydrogen) atoms. The predicted molar refractivity (Wildman–Crippen MR) is 53.8 cm³/mol. The Morgan fingerprint density at radius 2 is 2.33 bits per heavy atom. The van der Waals surface area contributed by atoms with Crippen molar-refractivity contribution in [3.63, 3.8) is 0 Å². The second kappa shape index (κ2) is 5.98. The summed E-state index contributed by atoms with van der Waals surface area (Å²) in [4.78, 5) is 11.1. The van der Waals surface area contributed by atoms with E-state index in [1.807, 2.05) is 6.07 Å². The summed E-state index contributed by atoms with van der Waals surface area (Å²) in [7, 11) is 0. The number of carbonyl (C=O) groups excluding carboxylic acids is 1. The molecule has 66 valence electrons. The number of nitriles is 1. The minimum Gasteiger partial charge on any atom is -0.352 e. The van der Waals surface area contributed by atoms with Crippen LogP contribution in [0.5, 0.6) is 0 Å². The third kappa shape index (κ3) is 3.20. The zero-order valence-electron chi connectivity index (χ0n) is 6.92. The molecule has 0 aliphatic heterocycles. The summed E-state index contributed by atoms with van der Waals surface area (Å²) in [6.07, 6.45) is 1.76. The number of hydrogen-bond donors (Lipinski definition) is 2. The van der Waals surface area contributed by atoms with Crippen LogP contribution in [0.25, 0.3) is 0 Å². The summed E-state index contributed by atoms with van der Waals surface area (Å²) in [6.45, 7) is 2.31. The molecule has 0 heterocycles. The lowest BCUT2D eigenvalue weighted by Gasteiger charge is -2.01. The van der Waals surface area contributed by atoms with Gasteiger partial charge in [0.15, 0.2) is 0 Å². The molecule has 0 fully saturated rings. The van der Waals surface area contributed by atoms with Crippen LogP contribution in [-0.2, 0) is 4.79 Å². The van der Waals surface area contributed by atoms with E-state index in [4.69, 9.17) is 5.26 Å². The molecule has 0 aromatic heterocycles. The first-order chi connectivity index (χ1) is 5.67. The zero-order valence-corrected chi connectivity index (χ0v) is 8.63. The van der Waals surface area contributed by atoms with Gasteiger partial charge < -0.3 is 5.32 Å². The number of nitrogens with one attached hydrogen (secondary N) is 1. The normalized spacial score (nSPS) is 11.5. The molecular formula is C7H10N2OS2. The van der Waals surface area contributed by atoms with Gasteiger partial charge in [0.25, 0.3) is 5.91 Å². The monoisotopic (exact) mass is 202 g/mol. The van der Waals surface area contributed by atoms with E-state index in [0.29, 0.717) is 10.8 Å². The predicted octanol–water partition coefficient (Wildman–Crippen LogP) is 1.15. The van der Waals surface area contributed by atoms with E-state index in [1.54, 1.807) is 13.2 Å². The van der Waals surface area contributed by atoms with Gasteiger partial charge in [-0.3, -0.25) is 4.79 Å². The lowest BCUT2D eigenvalue weighted by molar-refractivity contribution is -0.117. The largest absolute Gasteiger partial charge is 0.352 e. The maximum atomic E-state index is 11.1. The molecule has 0 aliphatic carbocycles. The minimum atomic E-state index is -0.362. The molecule has 3 nitrogen and oxygen atoms in total. The van der Waals surface area contributed by atoms with E-state index in [-0.39, 0.29) is 11.5 Å². The maximum Gasteiger partial charge on any atom is 0.263 e. The highest BCUT2D eigenvalue weighted by molar-refractivity contribution is 8.15. The Labute approximate surface area is 81.6 Å². The number of rotatable bonds is 3. The zero-order chi connectivity index (χ0) is 9.56. The minimum absolute atomic E-state index is 0.0766. The number of carbonyl (C=O) groups is 1. The molecule has 0 unspecified atom stereocenters. The molecule has 1 amide bonds. The van der Waals surface area contributed by atoms with Gasteiger partial charge in [0, 0.05) is 6.54 Å². The number of thiol groups is 1. The van der Waals surface area contributed by atoms with Crippen LogP contribution in [-0.4, -0.2) is 18.7 Å². The Kier molecular flexibility index (Phi) is 5.68. The molecule has 0 rings (SSSR count). The standard InChI is InChI=1S/C7H10N2OS2/c1-3-9-6(10)5(4-8)7(11)12-2/h11H,3H2,1-2H3,(H,9,10). The molecule has 0 radical (unpaired) electrons. The van der Waals surface area contributed by atoms with E-state index < -0.39 is 0 Å². The van der Waals surface area contributed by atoms with Crippen LogP contribution in [0.1, 0.15) is 6.92 Å². The van der Waals surface area contributed by atoms with Crippen LogP contribution in [0.4, 0.5) is 0 Å². The van der Waals surface area contributed by atoms with E-state index in [1.165, 1.54) is 11.8 Å². The molecule has 0 aliphatic rings. The highest BCUT2D eigenvalue weighted by atomic mass is 32.2. The molecule has 0 spiro atoms. The van der Waals surface area contributed by atoms with Crippen molar-refractivity contribution < 1.29 is 4.79 Å². The second-order valence-corrected chi connectivity index (χ2v) is 3.42. The fraction of sp³-hybridized carbons (Fsp3) is 0.429. The molecule has 0 saturated carbocycles. The summed E-state index contributed by atoms with van der Waals surface area (Å²) in [5.41, 5.74) is 0.0766. The first-order valence-corrected chi connectivity index (χ1v) is 5.00. The van der Waals surface area contributed by atoms with Gasteiger partial charge in [-0.2, -0.15) is 5.26 Å². The number of amides is 1. The lowest BCUT2D eigenvalue weighted by atomic mass is 10.3. The van der Waals surface area contributed by atoms with Crippen molar-refractivity contribution in [3.8, 4) is 6.07 Å². The second-order valence-electron chi connectivity index (χ2n) is 1.86. The first kappa shape index (κ1) is 11.4. The van der Waals surface area contributed by atoms with Crippen molar-refractivity contribution in [2.75, 3.05) is 12.8 Å². The van der Waals surface area contributed by atoms with Gasteiger partial charge in [-0.1, -0.05) is 0 Å². The molecule has 0 aromatic rings. The highest BCUT2D eigenvalue weighted by Gasteiger charge is 2.10. The molecule has 0 saturated heterocycles. The van der Waals surface area contributed by atoms with Crippen LogP contribution in [0.15, 0.2) is 9.81 Å². The van der Waals surface area contributed by atoms with Crippen molar-refractivity contribution in [2.45, 2.75) is 6.92 Å². The van der Waals surface area contributed by atoms with Gasteiger partial charge in [-0.25, -0.2) is 0 Å². The van der Waals surface area contributed by atoms with Crippen molar-refractivity contribution in [3.05, 3.63) is 9.81 Å². The van der Waals surface area contributed by atoms with Gasteiger partial charge in [0.2, 0.25) is 0 Å². The van der Waals surface area contributed by atoms with E-state index >= 15 is 0 Å². The van der Waals surface area contributed by atoms with Gasteiger partial charge in [-0.05, 0) is 13.2 Å². The molecule has 0 bridgehead atoms. The maximum absolute atomic E-state index is 11.1. The summed E-state index contributed by atoms with van der Waals surface area (Å²) >= 11 is 5.27. The molecule has 0 aromatic carbocycles. The van der Waals surface area contributed by atoms with Gasteiger partial charge in [0.1, 0.15) is 11.6 Å². The third-order valence-corrected chi connectivity index (χ3v) is 2.45. The highest BCUT2D eigenvalue weighted by Crippen LogP contribution is 2.20. The topological polar surface area (TPSA) is 52.9 Å². The molecule has 1 N–H and O–H groups in total. The number of hydrogen-bond acceptors (Lipinski definition) is 4. The fourth-order valence-corrected chi connectivity index (χ4v) is 1.04. The van der Waals surface area contributed by atoms with Gasteiger partial charge >= 0.3 is 0 Å². The summed E-state index contributed by atoms with van der Waals surface area (Å²) in [5, 5.41) is 11.1. The summed E-state index contributed by atoms with van der Waals surface area (Å²) in [6, 6.07) is 1.81. The van der Waals surface area contributed by atoms with Gasteiger partial charge in [-0.15, -0.1) is 24.4 Å². The van der Waals surface area contributed by atoms with Crippen molar-refractivity contribution in [1.82, 2.24) is 5.32 Å². The van der Waals surface area contributed by atoms with Crippen molar-refractivity contribution in [2.24, 2.45) is 0 Å². The fourth-order valence-electron chi connectivity index (χ4n) is 0.547. The van der Waals surface area contributed by atoms with Crippen molar-refractivity contribution in [1.29, 1.82) is 5.26 Å². The van der Waals surface area contributed by atoms with Crippen LogP contribution in [0.3, 0.4) is 0 Å². The Hall–Kier alpha value is -0.600. The van der Waals surface area contributed by atoms with Crippen LogP contribution in [0, 0.1) is 11.3 Å². The average molecular weight is 202 g/mol. The Morgan fingerprint density at radius 3 is 2.67 bits per heavy atom. The Morgan fingerprint density at radius 1 is 1.75 bits per heavy atom. The van der Waals surface area contributed by atoms with Crippen LogP contribution in [0.2, 0.25) is 0 Å². The molecular weight excluding hydrogens is 192 g/mol. The Balaban J connectivity index is 4.59. The third-order valence-electron chi connectivity index (χ3n) is 1.08. The smallest absolute Gasteiger partial charge is 0.263 e. The SMILES string of the molecule is CCNC(=O)C(C#N)=C(S)SC. The molecule has 5 heteroatoms. The van der Waals surface area contributed by atoms with Crippen LogP contribution >= 0.6 is 24.4 Å². The van der Waals surface area contributed by atoms with Crippen molar-refractivity contribution >= 4 is 30.3 Å². The van der Waals surface area contributed by atoms with E-state index in [2.05, 4.69) is 17.9 Å². The quantitative estimate of drug-likeness (QED) is 0.410. The number of nitrogens with zero attached hydrogens (tertiary/aromatic N) is 1. The molecule has 0 atom stereocenters.